The van der Waals surface area contributed by atoms with Crippen LogP contribution in [0.15, 0.2) is 34.7 Å². The minimum absolute atomic E-state index is 0.0467. The van der Waals surface area contributed by atoms with Crippen molar-refractivity contribution in [2.45, 2.75) is 19.9 Å². The van der Waals surface area contributed by atoms with Crippen LogP contribution >= 0.6 is 0 Å². The lowest BCUT2D eigenvalue weighted by atomic mass is 10.2. The number of nitrogen functional groups attached to an aromatic ring is 1. The zero-order valence-electron chi connectivity index (χ0n) is 10.7. The fourth-order valence-corrected chi connectivity index (χ4v) is 1.82. The summed E-state index contributed by atoms with van der Waals surface area (Å²) < 4.78 is 5.51. The van der Waals surface area contributed by atoms with E-state index in [1.165, 1.54) is 6.07 Å². The Hall–Kier alpha value is -2.50. The van der Waals surface area contributed by atoms with E-state index in [2.05, 4.69) is 5.32 Å². The number of nitrogens with one attached hydrogen (secondary N) is 1. The molecule has 6 nitrogen and oxygen atoms in total. The van der Waals surface area contributed by atoms with Crippen molar-refractivity contribution in [2.75, 3.05) is 11.1 Å². The van der Waals surface area contributed by atoms with Gasteiger partial charge in [-0.2, -0.15) is 0 Å². The van der Waals surface area contributed by atoms with Crippen molar-refractivity contribution in [1.29, 1.82) is 0 Å². The number of hydrogen-bond acceptors (Lipinski definition) is 5. The van der Waals surface area contributed by atoms with Gasteiger partial charge in [0.15, 0.2) is 0 Å². The van der Waals surface area contributed by atoms with Crippen molar-refractivity contribution in [3.8, 4) is 0 Å². The molecule has 0 aliphatic rings. The molecule has 0 fully saturated rings. The van der Waals surface area contributed by atoms with Crippen LogP contribution in [-0.2, 0) is 0 Å². The highest BCUT2D eigenvalue weighted by Gasteiger charge is 2.13. The SMILES string of the molecule is Cc1ccc(C(C)Nc2ccc([N+](=O)[O-])c(N)c2)o1. The summed E-state index contributed by atoms with van der Waals surface area (Å²) in [7, 11) is 0. The summed E-state index contributed by atoms with van der Waals surface area (Å²) in [5, 5.41) is 13.9. The summed E-state index contributed by atoms with van der Waals surface area (Å²) in [6, 6.07) is 8.29. The molecule has 0 amide bonds. The average molecular weight is 261 g/mol. The number of hydrogen-bond donors (Lipinski definition) is 2. The number of aryl methyl sites for hydroxylation is 1. The third-order valence-electron chi connectivity index (χ3n) is 2.80. The van der Waals surface area contributed by atoms with Crippen LogP contribution in [0.25, 0.3) is 0 Å². The number of furan rings is 1. The predicted molar refractivity (Wildman–Crippen MR) is 73.0 cm³/mol. The molecule has 0 radical (unpaired) electrons. The summed E-state index contributed by atoms with van der Waals surface area (Å²) in [4.78, 5) is 10.2. The molecular weight excluding hydrogens is 246 g/mol. The summed E-state index contributed by atoms with van der Waals surface area (Å²) >= 11 is 0. The van der Waals surface area contributed by atoms with Crippen molar-refractivity contribution < 1.29 is 9.34 Å². The van der Waals surface area contributed by atoms with Crippen LogP contribution < -0.4 is 11.1 Å². The van der Waals surface area contributed by atoms with Crippen LogP contribution in [-0.4, -0.2) is 4.92 Å². The van der Waals surface area contributed by atoms with E-state index in [0.717, 1.165) is 11.5 Å². The third kappa shape index (κ3) is 2.85. The van der Waals surface area contributed by atoms with Gasteiger partial charge in [-0.15, -0.1) is 0 Å². The van der Waals surface area contributed by atoms with Gasteiger partial charge in [0.1, 0.15) is 17.2 Å². The maximum Gasteiger partial charge on any atom is 0.292 e. The second-order valence-corrected chi connectivity index (χ2v) is 4.35. The number of nitrogens with two attached hydrogens (primary N) is 1. The van der Waals surface area contributed by atoms with E-state index < -0.39 is 4.92 Å². The molecule has 0 aliphatic carbocycles. The predicted octanol–water partition coefficient (Wildman–Crippen LogP) is 3.25. The van der Waals surface area contributed by atoms with Gasteiger partial charge >= 0.3 is 0 Å². The molecule has 0 saturated heterocycles. The molecule has 100 valence electrons. The molecule has 6 heteroatoms. The third-order valence-corrected chi connectivity index (χ3v) is 2.80. The van der Waals surface area contributed by atoms with Gasteiger partial charge in [0.25, 0.3) is 5.69 Å². The molecule has 1 heterocycles. The molecule has 2 aromatic rings. The lowest BCUT2D eigenvalue weighted by Crippen LogP contribution is -2.06. The van der Waals surface area contributed by atoms with E-state index in [4.69, 9.17) is 10.2 Å². The summed E-state index contributed by atoms with van der Waals surface area (Å²) in [5.41, 5.74) is 6.39. The standard InChI is InChI=1S/C13H15N3O3/c1-8-3-6-13(19-8)9(2)15-10-4-5-12(16(17)18)11(14)7-10/h3-7,9,15H,14H2,1-2H3. The number of nitro groups is 1. The lowest BCUT2D eigenvalue weighted by molar-refractivity contribution is -0.383. The van der Waals surface area contributed by atoms with Crippen LogP contribution in [0.4, 0.5) is 17.1 Å². The van der Waals surface area contributed by atoms with Crippen LogP contribution in [0, 0.1) is 17.0 Å². The van der Waals surface area contributed by atoms with Gasteiger partial charge in [0, 0.05) is 11.8 Å². The van der Waals surface area contributed by atoms with Crippen molar-refractivity contribution in [1.82, 2.24) is 0 Å². The Bertz CT molecular complexity index is 607. The van der Waals surface area contributed by atoms with Gasteiger partial charge in [-0.25, -0.2) is 0 Å². The second-order valence-electron chi connectivity index (χ2n) is 4.35. The number of benzene rings is 1. The maximum absolute atomic E-state index is 10.7. The fourth-order valence-electron chi connectivity index (χ4n) is 1.82. The Balaban J connectivity index is 2.15. The number of nitro benzene ring substituents is 1. The topological polar surface area (TPSA) is 94.3 Å². The Morgan fingerprint density at radius 2 is 2.11 bits per heavy atom. The monoisotopic (exact) mass is 261 g/mol. The van der Waals surface area contributed by atoms with Crippen LogP contribution in [0.5, 0.6) is 0 Å². The van der Waals surface area contributed by atoms with Crippen molar-refractivity contribution >= 4 is 17.1 Å². The smallest absolute Gasteiger partial charge is 0.292 e. The number of anilines is 2. The van der Waals surface area contributed by atoms with Crippen molar-refractivity contribution in [3.05, 3.63) is 52.0 Å². The van der Waals surface area contributed by atoms with E-state index in [1.54, 1.807) is 12.1 Å². The first-order valence-electron chi connectivity index (χ1n) is 5.84. The molecule has 19 heavy (non-hydrogen) atoms. The molecule has 2 rings (SSSR count). The molecule has 0 bridgehead atoms. The molecule has 1 aromatic carbocycles. The van der Waals surface area contributed by atoms with E-state index >= 15 is 0 Å². The van der Waals surface area contributed by atoms with Gasteiger partial charge in [-0.3, -0.25) is 10.1 Å². The van der Waals surface area contributed by atoms with E-state index in [1.807, 2.05) is 26.0 Å². The summed E-state index contributed by atoms with van der Waals surface area (Å²) in [6.45, 7) is 3.82. The minimum atomic E-state index is -0.502. The fraction of sp³-hybridized carbons (Fsp3) is 0.231. The Morgan fingerprint density at radius 1 is 1.37 bits per heavy atom. The molecular formula is C13H15N3O3. The zero-order valence-corrected chi connectivity index (χ0v) is 10.7. The first-order chi connectivity index (χ1) is 8.97. The zero-order chi connectivity index (χ0) is 14.0. The first-order valence-corrected chi connectivity index (χ1v) is 5.84. The van der Waals surface area contributed by atoms with Gasteiger partial charge in [-0.05, 0) is 38.1 Å². The van der Waals surface area contributed by atoms with Crippen molar-refractivity contribution in [2.24, 2.45) is 0 Å². The lowest BCUT2D eigenvalue weighted by Gasteiger charge is -2.13. The number of nitrogens with zero attached hydrogens (tertiary/aromatic N) is 1. The van der Waals surface area contributed by atoms with Crippen LogP contribution in [0.2, 0.25) is 0 Å². The highest BCUT2D eigenvalue weighted by atomic mass is 16.6. The van der Waals surface area contributed by atoms with Gasteiger partial charge in [-0.1, -0.05) is 0 Å². The van der Waals surface area contributed by atoms with E-state index in [-0.39, 0.29) is 17.4 Å². The minimum Gasteiger partial charge on any atom is -0.464 e. The molecule has 1 aromatic heterocycles. The molecule has 3 N–H and O–H groups in total. The Labute approximate surface area is 110 Å². The van der Waals surface area contributed by atoms with Gasteiger partial charge < -0.3 is 15.5 Å². The van der Waals surface area contributed by atoms with Gasteiger partial charge in [0.2, 0.25) is 0 Å². The summed E-state index contributed by atoms with van der Waals surface area (Å²) in [6.07, 6.45) is 0. The quantitative estimate of drug-likeness (QED) is 0.500. The van der Waals surface area contributed by atoms with Crippen LogP contribution in [0.1, 0.15) is 24.5 Å². The maximum atomic E-state index is 10.7. The molecule has 0 aliphatic heterocycles. The van der Waals surface area contributed by atoms with Crippen LogP contribution in [0.3, 0.4) is 0 Å². The normalized spacial score (nSPS) is 12.1. The second kappa shape index (κ2) is 5.01. The Morgan fingerprint density at radius 3 is 2.63 bits per heavy atom. The number of rotatable bonds is 4. The van der Waals surface area contributed by atoms with E-state index in [9.17, 15) is 10.1 Å². The molecule has 0 saturated carbocycles. The highest BCUT2D eigenvalue weighted by Crippen LogP contribution is 2.27. The van der Waals surface area contributed by atoms with Crippen molar-refractivity contribution in [3.63, 3.8) is 0 Å². The molecule has 1 unspecified atom stereocenters. The largest absolute Gasteiger partial charge is 0.464 e. The molecule has 1 atom stereocenters. The first kappa shape index (κ1) is 12.9. The Kier molecular flexibility index (Phi) is 3.41. The average Bonchev–Trinajstić information content (AvgIpc) is 2.75. The molecule has 0 spiro atoms. The highest BCUT2D eigenvalue weighted by molar-refractivity contribution is 5.66. The van der Waals surface area contributed by atoms with Gasteiger partial charge in [0.05, 0.1) is 11.0 Å². The van der Waals surface area contributed by atoms with E-state index in [0.29, 0.717) is 5.69 Å². The summed E-state index contributed by atoms with van der Waals surface area (Å²) in [5.74, 6) is 1.64.